The van der Waals surface area contributed by atoms with E-state index < -0.39 is 11.8 Å². The number of pyridine rings is 2. The lowest BCUT2D eigenvalue weighted by Crippen LogP contribution is -2.44. The van der Waals surface area contributed by atoms with Crippen molar-refractivity contribution in [1.82, 2.24) is 19.5 Å². The van der Waals surface area contributed by atoms with Gasteiger partial charge >= 0.3 is 5.97 Å². The van der Waals surface area contributed by atoms with E-state index >= 15 is 0 Å². The highest BCUT2D eigenvalue weighted by Crippen LogP contribution is 2.52. The number of hydrogen-bond acceptors (Lipinski definition) is 3. The Bertz CT molecular complexity index is 1290. The first-order valence-electron chi connectivity index (χ1n) is 10.4. The summed E-state index contributed by atoms with van der Waals surface area (Å²) in [6, 6.07) is 7.30. The molecule has 152 valence electrons. The van der Waals surface area contributed by atoms with E-state index in [2.05, 4.69) is 14.5 Å². The summed E-state index contributed by atoms with van der Waals surface area (Å²) >= 11 is 0. The maximum atomic E-state index is 13.8. The first kappa shape index (κ1) is 17.6. The minimum absolute atomic E-state index is 0.0719. The Morgan fingerprint density at radius 2 is 1.97 bits per heavy atom. The fourth-order valence-electron chi connectivity index (χ4n) is 5.77. The predicted molar refractivity (Wildman–Crippen MR) is 110 cm³/mol. The molecule has 3 aliphatic carbocycles. The molecule has 7 rings (SSSR count). The Balaban J connectivity index is 1.50. The molecule has 0 aliphatic heterocycles. The number of nitrogens with zero attached hydrogens (tertiary/aromatic N) is 3. The molecular weight excluding hydrogens is 383 g/mol. The van der Waals surface area contributed by atoms with Crippen LogP contribution in [0.1, 0.15) is 31.7 Å². The molecule has 3 fully saturated rings. The number of carboxylic acid groups (broad SMARTS) is 1. The lowest BCUT2D eigenvalue weighted by atomic mass is 9.61. The molecule has 0 unspecified atom stereocenters. The molecule has 4 heterocycles. The number of carboxylic acids is 1. The number of aromatic nitrogens is 4. The summed E-state index contributed by atoms with van der Waals surface area (Å²) < 4.78 is 15.9. The number of fused-ring (bicyclic) bond motifs is 5. The summed E-state index contributed by atoms with van der Waals surface area (Å²) in [7, 11) is 0. The van der Waals surface area contributed by atoms with E-state index in [0.29, 0.717) is 22.6 Å². The van der Waals surface area contributed by atoms with Crippen molar-refractivity contribution in [2.24, 2.45) is 17.8 Å². The number of hydrogen-bond donors (Lipinski definition) is 2. The lowest BCUT2D eigenvalue weighted by Gasteiger charge is -2.47. The second-order valence-electron chi connectivity index (χ2n) is 8.61. The Hall–Kier alpha value is -3.22. The highest BCUT2D eigenvalue weighted by molar-refractivity contribution is 5.93. The van der Waals surface area contributed by atoms with Crippen LogP contribution < -0.4 is 0 Å². The molecule has 0 amide bonds. The Labute approximate surface area is 171 Å². The summed E-state index contributed by atoms with van der Waals surface area (Å²) in [5, 5.41) is 11.6. The van der Waals surface area contributed by atoms with Gasteiger partial charge in [-0.3, -0.25) is 4.79 Å². The molecule has 3 saturated carbocycles. The van der Waals surface area contributed by atoms with Crippen LogP contribution in [0.3, 0.4) is 0 Å². The van der Waals surface area contributed by atoms with E-state index in [9.17, 15) is 14.3 Å². The fraction of sp³-hybridized carbons (Fsp3) is 0.348. The van der Waals surface area contributed by atoms with Gasteiger partial charge in [-0.05, 0) is 61.8 Å². The minimum Gasteiger partial charge on any atom is -0.481 e. The number of rotatable bonds is 3. The van der Waals surface area contributed by atoms with Crippen LogP contribution in [0.2, 0.25) is 0 Å². The molecule has 6 nitrogen and oxygen atoms in total. The number of halogens is 1. The lowest BCUT2D eigenvalue weighted by molar-refractivity contribution is -0.151. The normalized spacial score (nSPS) is 25.9. The van der Waals surface area contributed by atoms with Crippen LogP contribution in [0.25, 0.3) is 33.3 Å². The summed E-state index contributed by atoms with van der Waals surface area (Å²) in [6.07, 6.45) is 9.13. The Morgan fingerprint density at radius 1 is 1.17 bits per heavy atom. The van der Waals surface area contributed by atoms with E-state index in [4.69, 9.17) is 4.98 Å². The molecule has 30 heavy (non-hydrogen) atoms. The van der Waals surface area contributed by atoms with Crippen LogP contribution in [-0.2, 0) is 4.79 Å². The summed E-state index contributed by atoms with van der Waals surface area (Å²) in [5.41, 5.74) is 2.90. The van der Waals surface area contributed by atoms with Gasteiger partial charge in [-0.1, -0.05) is 0 Å². The van der Waals surface area contributed by atoms with Crippen molar-refractivity contribution in [3.8, 4) is 11.3 Å². The fourth-order valence-corrected chi connectivity index (χ4v) is 5.77. The number of H-pyrrole nitrogens is 1. The van der Waals surface area contributed by atoms with Crippen molar-refractivity contribution < 1.29 is 14.3 Å². The van der Waals surface area contributed by atoms with E-state index in [1.54, 1.807) is 6.20 Å². The van der Waals surface area contributed by atoms with Gasteiger partial charge in [-0.15, -0.1) is 0 Å². The van der Waals surface area contributed by atoms with E-state index in [-0.39, 0.29) is 17.9 Å². The van der Waals surface area contributed by atoms with Crippen LogP contribution in [0.5, 0.6) is 0 Å². The molecule has 0 spiro atoms. The van der Waals surface area contributed by atoms with Crippen molar-refractivity contribution >= 4 is 28.0 Å². The smallest absolute Gasteiger partial charge is 0.308 e. The van der Waals surface area contributed by atoms with Crippen LogP contribution >= 0.6 is 0 Å². The van der Waals surface area contributed by atoms with Gasteiger partial charge in [0.1, 0.15) is 17.1 Å². The molecule has 4 aromatic rings. The maximum Gasteiger partial charge on any atom is 0.308 e. The van der Waals surface area contributed by atoms with Crippen LogP contribution in [0.15, 0.2) is 42.9 Å². The minimum atomic E-state index is -0.703. The molecule has 0 aromatic carbocycles. The van der Waals surface area contributed by atoms with Gasteiger partial charge in [0.2, 0.25) is 0 Å². The third kappa shape index (κ3) is 2.51. The first-order valence-corrected chi connectivity index (χ1v) is 10.4. The van der Waals surface area contributed by atoms with Crippen molar-refractivity contribution in [3.05, 3.63) is 48.7 Å². The maximum absolute atomic E-state index is 13.8. The predicted octanol–water partition coefficient (Wildman–Crippen LogP) is 4.78. The van der Waals surface area contributed by atoms with E-state index in [1.165, 1.54) is 12.3 Å². The van der Waals surface area contributed by atoms with Gasteiger partial charge in [-0.2, -0.15) is 0 Å². The average Bonchev–Trinajstić information content (AvgIpc) is 3.37. The molecule has 2 atom stereocenters. The molecule has 7 heteroatoms. The SMILES string of the molecule is O=C(O)[C@@H]1C2CCC(CC2)[C@H]1n1ccc2ccc(-c3c[nH]c4ncc(F)cc34)nc21. The van der Waals surface area contributed by atoms with Gasteiger partial charge in [0.15, 0.2) is 0 Å². The standard InChI is InChI=1S/C23H21FN4O2/c24-15-9-16-17(11-26-21(16)25-10-15)18-6-5-14-7-8-28(22(14)27-18)20-13-3-1-12(2-4-13)19(20)23(29)30/h5-13,19-20H,1-4H2,(H,25,26)(H,29,30)/t12?,13?,19-,20-/m1/s1. The molecular formula is C23H21FN4O2. The third-order valence-corrected chi connectivity index (χ3v) is 7.12. The zero-order valence-corrected chi connectivity index (χ0v) is 16.3. The summed E-state index contributed by atoms with van der Waals surface area (Å²) in [5.74, 6) is -0.866. The molecule has 0 radical (unpaired) electrons. The van der Waals surface area contributed by atoms with Crippen molar-refractivity contribution in [2.45, 2.75) is 31.7 Å². The van der Waals surface area contributed by atoms with Gasteiger partial charge < -0.3 is 14.7 Å². The largest absolute Gasteiger partial charge is 0.481 e. The Morgan fingerprint density at radius 3 is 2.77 bits per heavy atom. The second kappa shape index (κ2) is 6.39. The van der Waals surface area contributed by atoms with Crippen molar-refractivity contribution in [2.75, 3.05) is 0 Å². The van der Waals surface area contributed by atoms with Crippen LogP contribution in [0.4, 0.5) is 4.39 Å². The number of carbonyl (C=O) groups is 1. The number of aliphatic carboxylic acids is 1. The van der Waals surface area contributed by atoms with Crippen molar-refractivity contribution in [3.63, 3.8) is 0 Å². The van der Waals surface area contributed by atoms with Gasteiger partial charge in [0, 0.05) is 28.7 Å². The molecule has 3 aliphatic rings. The Kier molecular flexibility index (Phi) is 3.75. The molecule has 2 N–H and O–H groups in total. The van der Waals surface area contributed by atoms with Gasteiger partial charge in [0.25, 0.3) is 0 Å². The third-order valence-electron chi connectivity index (χ3n) is 7.12. The second-order valence-corrected chi connectivity index (χ2v) is 8.61. The van der Waals surface area contributed by atoms with E-state index in [1.807, 2.05) is 24.4 Å². The topological polar surface area (TPSA) is 83.8 Å². The quantitative estimate of drug-likeness (QED) is 0.515. The molecule has 2 bridgehead atoms. The summed E-state index contributed by atoms with van der Waals surface area (Å²) in [4.78, 5) is 24.2. The van der Waals surface area contributed by atoms with Gasteiger partial charge in [-0.25, -0.2) is 14.4 Å². The van der Waals surface area contributed by atoms with E-state index in [0.717, 1.165) is 42.3 Å². The van der Waals surface area contributed by atoms with Crippen LogP contribution in [0, 0.1) is 23.6 Å². The van der Waals surface area contributed by atoms with Crippen molar-refractivity contribution in [1.29, 1.82) is 0 Å². The highest BCUT2D eigenvalue weighted by Gasteiger charge is 2.48. The highest BCUT2D eigenvalue weighted by atomic mass is 19.1. The molecule has 0 saturated heterocycles. The monoisotopic (exact) mass is 404 g/mol. The summed E-state index contributed by atoms with van der Waals surface area (Å²) in [6.45, 7) is 0. The average molecular weight is 404 g/mol. The van der Waals surface area contributed by atoms with Gasteiger partial charge in [0.05, 0.1) is 23.9 Å². The number of aromatic amines is 1. The first-order chi connectivity index (χ1) is 14.6. The zero-order chi connectivity index (χ0) is 20.4. The number of nitrogens with one attached hydrogen (secondary N) is 1. The molecule has 4 aromatic heterocycles. The zero-order valence-electron chi connectivity index (χ0n) is 16.3. The van der Waals surface area contributed by atoms with Crippen LogP contribution in [-0.4, -0.2) is 30.6 Å².